The van der Waals surface area contributed by atoms with E-state index in [-0.39, 0.29) is 12.1 Å². The first kappa shape index (κ1) is 15.9. The highest BCUT2D eigenvalue weighted by atomic mass is 32.2. The van der Waals surface area contributed by atoms with Crippen molar-refractivity contribution in [2.24, 2.45) is 0 Å². The van der Waals surface area contributed by atoms with E-state index in [1.54, 1.807) is 0 Å². The van der Waals surface area contributed by atoms with Gasteiger partial charge in [0, 0.05) is 29.4 Å². The molecule has 2 aromatic rings. The summed E-state index contributed by atoms with van der Waals surface area (Å²) in [4.78, 5) is 0.891. The van der Waals surface area contributed by atoms with Crippen molar-refractivity contribution in [1.82, 2.24) is 15.1 Å². The highest BCUT2D eigenvalue weighted by Gasteiger charge is 2.14. The van der Waals surface area contributed by atoms with Crippen LogP contribution in [0.3, 0.4) is 0 Å². The quantitative estimate of drug-likeness (QED) is 0.855. The molecule has 0 aliphatic heterocycles. The Morgan fingerprint density at radius 1 is 1.29 bits per heavy atom. The summed E-state index contributed by atoms with van der Waals surface area (Å²) in [5.74, 6) is 0.624. The maximum atomic E-state index is 12.1. The molecule has 0 saturated heterocycles. The molecular formula is C16H23N3OS. The van der Waals surface area contributed by atoms with Gasteiger partial charge in [-0.25, -0.2) is 0 Å². The molecule has 0 bridgehead atoms. The van der Waals surface area contributed by atoms with Crippen LogP contribution < -0.4 is 5.32 Å². The van der Waals surface area contributed by atoms with E-state index in [2.05, 4.69) is 24.3 Å². The molecule has 1 heterocycles. The molecule has 21 heavy (non-hydrogen) atoms. The standard InChI is InChI=1S/C16H23N3OS/c1-13-11-18-19(12-13)15(3)14(2)17-9-10-21(20)16-7-5-4-6-8-16/h4-8,11-12,14-15,17H,9-10H2,1-3H3/t14-,15-,21-/m1/s1. The topological polar surface area (TPSA) is 46.9 Å². The first-order valence-electron chi connectivity index (χ1n) is 7.25. The van der Waals surface area contributed by atoms with E-state index in [1.165, 1.54) is 5.56 Å². The van der Waals surface area contributed by atoms with Gasteiger partial charge in [-0.3, -0.25) is 8.89 Å². The molecule has 114 valence electrons. The largest absolute Gasteiger partial charge is 0.311 e. The van der Waals surface area contributed by atoms with Crippen molar-refractivity contribution in [3.63, 3.8) is 0 Å². The lowest BCUT2D eigenvalue weighted by molar-refractivity contribution is 0.372. The SMILES string of the molecule is Cc1cnn([C@H](C)[C@@H](C)NCC[S@@](=O)c2ccccc2)c1. The monoisotopic (exact) mass is 305 g/mol. The summed E-state index contributed by atoms with van der Waals surface area (Å²) in [6, 6.07) is 10.1. The molecule has 2 rings (SSSR count). The summed E-state index contributed by atoms with van der Waals surface area (Å²) in [5, 5.41) is 7.78. The molecule has 5 heteroatoms. The van der Waals surface area contributed by atoms with Crippen molar-refractivity contribution < 1.29 is 4.21 Å². The van der Waals surface area contributed by atoms with E-state index in [9.17, 15) is 4.21 Å². The van der Waals surface area contributed by atoms with Gasteiger partial charge in [-0.05, 0) is 38.5 Å². The minimum Gasteiger partial charge on any atom is -0.311 e. The summed E-state index contributed by atoms with van der Waals surface area (Å²) in [6.07, 6.45) is 3.92. The van der Waals surface area contributed by atoms with Crippen LogP contribution in [0.15, 0.2) is 47.6 Å². The summed E-state index contributed by atoms with van der Waals surface area (Å²) in [7, 11) is -0.938. The molecule has 1 N–H and O–H groups in total. The van der Waals surface area contributed by atoms with Gasteiger partial charge < -0.3 is 5.32 Å². The molecule has 4 nitrogen and oxygen atoms in total. The van der Waals surface area contributed by atoms with Crippen LogP contribution in [0.2, 0.25) is 0 Å². The van der Waals surface area contributed by atoms with Crippen molar-refractivity contribution in [2.75, 3.05) is 12.3 Å². The van der Waals surface area contributed by atoms with Crippen LogP contribution in [0.1, 0.15) is 25.5 Å². The molecule has 0 saturated carbocycles. The maximum absolute atomic E-state index is 12.1. The zero-order valence-corrected chi connectivity index (χ0v) is 13.6. The first-order chi connectivity index (χ1) is 10.1. The number of benzene rings is 1. The number of rotatable bonds is 7. The summed E-state index contributed by atoms with van der Waals surface area (Å²) in [6.45, 7) is 7.04. The molecule has 3 atom stereocenters. The van der Waals surface area contributed by atoms with Gasteiger partial charge in [-0.2, -0.15) is 5.10 Å². The third kappa shape index (κ3) is 4.51. The van der Waals surface area contributed by atoms with E-state index < -0.39 is 10.8 Å². The van der Waals surface area contributed by atoms with Crippen LogP contribution in [0.5, 0.6) is 0 Å². The average molecular weight is 305 g/mol. The number of aryl methyl sites for hydroxylation is 1. The van der Waals surface area contributed by atoms with Crippen molar-refractivity contribution in [1.29, 1.82) is 0 Å². The van der Waals surface area contributed by atoms with Gasteiger partial charge >= 0.3 is 0 Å². The van der Waals surface area contributed by atoms with E-state index in [1.807, 2.05) is 54.3 Å². The Labute approximate surface area is 129 Å². The smallest absolute Gasteiger partial charge is 0.0641 e. The second-order valence-electron chi connectivity index (χ2n) is 5.34. The van der Waals surface area contributed by atoms with Gasteiger partial charge in [-0.1, -0.05) is 18.2 Å². The Bertz CT molecular complexity index is 582. The third-order valence-electron chi connectivity index (χ3n) is 3.63. The fraction of sp³-hybridized carbons (Fsp3) is 0.438. The molecule has 0 aliphatic carbocycles. The Kier molecular flexibility index (Phi) is 5.70. The highest BCUT2D eigenvalue weighted by molar-refractivity contribution is 7.85. The Hall–Kier alpha value is -1.46. The molecule has 1 aromatic carbocycles. The van der Waals surface area contributed by atoms with Gasteiger partial charge in [-0.15, -0.1) is 0 Å². The zero-order valence-electron chi connectivity index (χ0n) is 12.8. The first-order valence-corrected chi connectivity index (χ1v) is 8.57. The Morgan fingerprint density at radius 3 is 2.62 bits per heavy atom. The van der Waals surface area contributed by atoms with Gasteiger partial charge in [0.25, 0.3) is 0 Å². The fourth-order valence-electron chi connectivity index (χ4n) is 2.12. The van der Waals surface area contributed by atoms with Crippen LogP contribution in [-0.4, -0.2) is 32.3 Å². The van der Waals surface area contributed by atoms with Gasteiger partial charge in [0.1, 0.15) is 0 Å². The number of aromatic nitrogens is 2. The second kappa shape index (κ2) is 7.52. The lowest BCUT2D eigenvalue weighted by atomic mass is 10.2. The van der Waals surface area contributed by atoms with Crippen LogP contribution >= 0.6 is 0 Å². The van der Waals surface area contributed by atoms with Crippen LogP contribution in [0.25, 0.3) is 0 Å². The molecule has 1 aromatic heterocycles. The molecule has 0 aliphatic rings. The number of nitrogens with zero attached hydrogens (tertiary/aromatic N) is 2. The van der Waals surface area contributed by atoms with Crippen molar-refractivity contribution in [2.45, 2.75) is 37.8 Å². The van der Waals surface area contributed by atoms with Crippen LogP contribution in [0.4, 0.5) is 0 Å². The van der Waals surface area contributed by atoms with Gasteiger partial charge in [0.2, 0.25) is 0 Å². The van der Waals surface area contributed by atoms with Gasteiger partial charge in [0.15, 0.2) is 0 Å². The molecule has 0 fully saturated rings. The lowest BCUT2D eigenvalue weighted by Crippen LogP contribution is -2.36. The predicted octanol–water partition coefficient (Wildman–Crippen LogP) is 2.54. The molecule has 0 unspecified atom stereocenters. The normalized spacial score (nSPS) is 15.6. The van der Waals surface area contributed by atoms with Crippen LogP contribution in [0, 0.1) is 6.92 Å². The molecule has 0 spiro atoms. The number of nitrogens with one attached hydrogen (secondary N) is 1. The summed E-state index contributed by atoms with van der Waals surface area (Å²) < 4.78 is 14.1. The summed E-state index contributed by atoms with van der Waals surface area (Å²) in [5.41, 5.74) is 1.17. The zero-order chi connectivity index (χ0) is 15.2. The average Bonchev–Trinajstić information content (AvgIpc) is 2.93. The second-order valence-corrected chi connectivity index (χ2v) is 6.91. The Balaban J connectivity index is 1.79. The maximum Gasteiger partial charge on any atom is 0.0641 e. The minimum atomic E-state index is -0.938. The van der Waals surface area contributed by atoms with Gasteiger partial charge in [0.05, 0.1) is 23.0 Å². The molecular weight excluding hydrogens is 282 g/mol. The van der Waals surface area contributed by atoms with E-state index in [0.717, 1.165) is 11.4 Å². The highest BCUT2D eigenvalue weighted by Crippen LogP contribution is 2.11. The van der Waals surface area contributed by atoms with Crippen molar-refractivity contribution >= 4 is 10.8 Å². The number of hydrogen-bond acceptors (Lipinski definition) is 3. The predicted molar refractivity (Wildman–Crippen MR) is 86.9 cm³/mol. The van der Waals surface area contributed by atoms with Crippen LogP contribution in [-0.2, 0) is 10.8 Å². The summed E-state index contributed by atoms with van der Waals surface area (Å²) >= 11 is 0. The Morgan fingerprint density at radius 2 is 2.00 bits per heavy atom. The number of hydrogen-bond donors (Lipinski definition) is 1. The molecule has 0 radical (unpaired) electrons. The van der Waals surface area contributed by atoms with Crippen molar-refractivity contribution in [3.05, 3.63) is 48.3 Å². The fourth-order valence-corrected chi connectivity index (χ4v) is 3.12. The van der Waals surface area contributed by atoms with E-state index in [4.69, 9.17) is 0 Å². The van der Waals surface area contributed by atoms with E-state index in [0.29, 0.717) is 5.75 Å². The lowest BCUT2D eigenvalue weighted by Gasteiger charge is -2.21. The third-order valence-corrected chi connectivity index (χ3v) is 5.00. The molecule has 0 amide bonds. The van der Waals surface area contributed by atoms with E-state index >= 15 is 0 Å². The minimum absolute atomic E-state index is 0.267. The van der Waals surface area contributed by atoms with Crippen molar-refractivity contribution in [3.8, 4) is 0 Å².